The van der Waals surface area contributed by atoms with Crippen LogP contribution in [0.5, 0.6) is 6.01 Å². The van der Waals surface area contributed by atoms with Crippen LogP contribution in [-0.2, 0) is 4.79 Å². The summed E-state index contributed by atoms with van der Waals surface area (Å²) >= 11 is 7.80. The number of hydrogen-bond donors (Lipinski definition) is 1. The van der Waals surface area contributed by atoms with E-state index in [1.54, 1.807) is 0 Å². The van der Waals surface area contributed by atoms with Crippen LogP contribution in [0.3, 0.4) is 0 Å². The number of fused-ring (bicyclic) bond motifs is 3. The maximum Gasteiger partial charge on any atom is 0.319 e. The van der Waals surface area contributed by atoms with Crippen molar-refractivity contribution >= 4 is 60.7 Å². The van der Waals surface area contributed by atoms with Gasteiger partial charge in [0.25, 0.3) is 5.92 Å². The lowest BCUT2D eigenvalue weighted by Crippen LogP contribution is -2.63. The van der Waals surface area contributed by atoms with E-state index in [9.17, 15) is 28.5 Å². The predicted octanol–water partition coefficient (Wildman–Crippen LogP) is 7.47. The molecule has 1 aliphatic carbocycles. The molecule has 4 aromatic rings. The summed E-state index contributed by atoms with van der Waals surface area (Å²) in [7, 11) is 0. The number of nitrogens with two attached hydrogens (primary N) is 1. The van der Waals surface area contributed by atoms with Crippen LogP contribution < -0.4 is 15.4 Å². The summed E-state index contributed by atoms with van der Waals surface area (Å²) in [5.74, 6) is -6.17. The van der Waals surface area contributed by atoms with Crippen molar-refractivity contribution in [1.82, 2.24) is 19.8 Å². The molecule has 10 nitrogen and oxygen atoms in total. The molecule has 0 bridgehead atoms. The maximum atomic E-state index is 17.3. The number of halogens is 6. The summed E-state index contributed by atoms with van der Waals surface area (Å²) in [5, 5.41) is 20.0. The molecule has 56 heavy (non-hydrogen) atoms. The third-order valence-corrected chi connectivity index (χ3v) is 13.8. The van der Waals surface area contributed by atoms with E-state index >= 15 is 8.78 Å². The lowest BCUT2D eigenvalue weighted by atomic mass is 9.72. The first-order valence-electron chi connectivity index (χ1n) is 18.7. The molecule has 2 unspecified atom stereocenters. The predicted molar refractivity (Wildman–Crippen MR) is 200 cm³/mol. The van der Waals surface area contributed by atoms with Gasteiger partial charge >= 0.3 is 6.01 Å². The highest BCUT2D eigenvalue weighted by Crippen LogP contribution is 2.53. The van der Waals surface area contributed by atoms with Crippen molar-refractivity contribution in [1.29, 1.82) is 10.5 Å². The zero-order chi connectivity index (χ0) is 39.3. The second-order valence-electron chi connectivity index (χ2n) is 16.2. The van der Waals surface area contributed by atoms with Crippen molar-refractivity contribution in [2.45, 2.75) is 62.6 Å². The number of carbonyl (C=O) groups is 1. The fourth-order valence-corrected chi connectivity index (χ4v) is 11.0. The molecule has 5 fully saturated rings. The molecule has 1 amide bonds. The number of amides is 1. The number of ether oxygens (including phenoxy) is 1. The van der Waals surface area contributed by atoms with E-state index in [1.165, 1.54) is 17.0 Å². The summed E-state index contributed by atoms with van der Waals surface area (Å²) in [6, 6.07) is 8.12. The minimum Gasteiger partial charge on any atom is -0.461 e. The molecule has 1 saturated carbocycles. The highest BCUT2D eigenvalue weighted by atomic mass is 35.5. The number of thiophene rings is 1. The molecule has 6 heterocycles. The van der Waals surface area contributed by atoms with Crippen LogP contribution in [0.4, 0.5) is 32.8 Å². The maximum absolute atomic E-state index is 17.3. The molecule has 2 aromatic carbocycles. The smallest absolute Gasteiger partial charge is 0.319 e. The topological polar surface area (TPSA) is 135 Å². The van der Waals surface area contributed by atoms with Gasteiger partial charge in [-0.05, 0) is 55.8 Å². The van der Waals surface area contributed by atoms with Gasteiger partial charge in [0, 0.05) is 73.7 Å². The van der Waals surface area contributed by atoms with E-state index in [-0.39, 0.29) is 98.0 Å². The van der Waals surface area contributed by atoms with Crippen LogP contribution in [0.15, 0.2) is 18.2 Å². The number of nitrogens with zero attached hydrogens (tertiary/aromatic N) is 7. The van der Waals surface area contributed by atoms with Gasteiger partial charge in [-0.1, -0.05) is 17.7 Å². The Labute approximate surface area is 327 Å². The Hall–Kier alpha value is -4.51. The molecule has 292 valence electrons. The average Bonchev–Trinajstić information content (AvgIpc) is 3.32. The Morgan fingerprint density at radius 3 is 2.64 bits per heavy atom. The van der Waals surface area contributed by atoms with Gasteiger partial charge in [-0.15, -0.1) is 11.3 Å². The molecule has 2 aromatic heterocycles. The Kier molecular flexibility index (Phi) is 8.80. The molecule has 9 rings (SSSR count). The number of rotatable bonds is 7. The number of benzene rings is 2. The molecule has 4 saturated heterocycles. The molecular formula is C39H36ClF5N8O2S. The van der Waals surface area contributed by atoms with Crippen LogP contribution >= 0.6 is 22.9 Å². The SMILES string of the molecule is N#CCC1CCN(c2nc(OC[C@@]34CCCN3C[C@H](F)C4)nc3c(F)c(-c4ccc(F)c5sc(N)c(C#N)c45)c(Cl)cc23)CC2(C1)CN(C(=O)C1CC1(F)F)C2. The van der Waals surface area contributed by atoms with E-state index in [2.05, 4.69) is 16.0 Å². The number of carbonyl (C=O) groups excluding carboxylic acids is 1. The molecule has 5 aliphatic rings. The Bertz CT molecular complexity index is 2400. The third-order valence-electron chi connectivity index (χ3n) is 12.5. The van der Waals surface area contributed by atoms with Crippen molar-refractivity contribution in [2.24, 2.45) is 17.3 Å². The summed E-state index contributed by atoms with van der Waals surface area (Å²) in [5.41, 5.74) is 4.82. The van der Waals surface area contributed by atoms with Crippen LogP contribution in [0.25, 0.3) is 32.1 Å². The largest absolute Gasteiger partial charge is 0.461 e. The van der Waals surface area contributed by atoms with Crippen molar-refractivity contribution in [2.75, 3.05) is 56.5 Å². The highest BCUT2D eigenvalue weighted by Gasteiger charge is 2.64. The van der Waals surface area contributed by atoms with Crippen LogP contribution in [0.1, 0.15) is 50.5 Å². The Morgan fingerprint density at radius 2 is 1.91 bits per heavy atom. The number of nitriles is 2. The van der Waals surface area contributed by atoms with Crippen molar-refractivity contribution in [3.05, 3.63) is 40.4 Å². The fourth-order valence-electron chi connectivity index (χ4n) is 9.80. The zero-order valence-corrected chi connectivity index (χ0v) is 31.6. The highest BCUT2D eigenvalue weighted by molar-refractivity contribution is 7.23. The minimum absolute atomic E-state index is 0.00853. The first kappa shape index (κ1) is 37.1. The second kappa shape index (κ2) is 13.3. The van der Waals surface area contributed by atoms with Crippen molar-refractivity contribution in [3.8, 4) is 29.3 Å². The number of alkyl halides is 3. The number of nitrogen functional groups attached to an aromatic ring is 1. The van der Waals surface area contributed by atoms with Gasteiger partial charge in [0.15, 0.2) is 5.82 Å². The van der Waals surface area contributed by atoms with E-state index < -0.39 is 52.9 Å². The van der Waals surface area contributed by atoms with E-state index in [4.69, 9.17) is 27.1 Å². The van der Waals surface area contributed by atoms with Gasteiger partial charge in [0.05, 0.1) is 26.9 Å². The van der Waals surface area contributed by atoms with Crippen LogP contribution in [-0.4, -0.2) is 89.2 Å². The van der Waals surface area contributed by atoms with Gasteiger partial charge in [-0.2, -0.15) is 20.5 Å². The van der Waals surface area contributed by atoms with Crippen LogP contribution in [0.2, 0.25) is 5.02 Å². The lowest BCUT2D eigenvalue weighted by Gasteiger charge is -2.52. The summed E-state index contributed by atoms with van der Waals surface area (Å²) in [4.78, 5) is 27.8. The minimum atomic E-state index is -3.00. The summed E-state index contributed by atoms with van der Waals surface area (Å²) < 4.78 is 81.2. The van der Waals surface area contributed by atoms with Crippen molar-refractivity contribution < 1.29 is 31.5 Å². The summed E-state index contributed by atoms with van der Waals surface area (Å²) in [6.07, 6.45) is 1.77. The lowest BCUT2D eigenvalue weighted by molar-refractivity contribution is -0.147. The van der Waals surface area contributed by atoms with Gasteiger partial charge in [-0.3, -0.25) is 9.69 Å². The number of hydrogen-bond acceptors (Lipinski definition) is 10. The average molecular weight is 811 g/mol. The molecule has 4 atom stereocenters. The van der Waals surface area contributed by atoms with E-state index in [1.807, 2.05) is 11.0 Å². The first-order valence-corrected chi connectivity index (χ1v) is 19.9. The van der Waals surface area contributed by atoms with Gasteiger partial charge in [0.2, 0.25) is 5.91 Å². The van der Waals surface area contributed by atoms with E-state index in [0.29, 0.717) is 38.9 Å². The normalized spacial score (nSPS) is 26.5. The van der Waals surface area contributed by atoms with Crippen LogP contribution in [0, 0.1) is 51.5 Å². The Morgan fingerprint density at radius 1 is 1.12 bits per heavy atom. The second-order valence-corrected chi connectivity index (χ2v) is 17.7. The number of anilines is 2. The quantitative estimate of drug-likeness (QED) is 0.189. The Balaban J connectivity index is 1.15. The first-order chi connectivity index (χ1) is 26.7. The summed E-state index contributed by atoms with van der Waals surface area (Å²) in [6.45, 7) is 2.22. The molecule has 0 radical (unpaired) electrons. The molecular weight excluding hydrogens is 775 g/mol. The van der Waals surface area contributed by atoms with Gasteiger partial charge < -0.3 is 20.3 Å². The van der Waals surface area contributed by atoms with Crippen molar-refractivity contribution in [3.63, 3.8) is 0 Å². The molecule has 1 spiro atoms. The van der Waals surface area contributed by atoms with E-state index in [0.717, 1.165) is 30.4 Å². The number of likely N-dealkylation sites (tertiary alicyclic amines) is 1. The fraction of sp³-hybridized carbons (Fsp3) is 0.513. The number of aromatic nitrogens is 2. The molecule has 4 aliphatic heterocycles. The zero-order valence-electron chi connectivity index (χ0n) is 30.1. The monoisotopic (exact) mass is 810 g/mol. The van der Waals surface area contributed by atoms with Gasteiger partial charge in [0.1, 0.15) is 46.9 Å². The third kappa shape index (κ3) is 5.98. The molecule has 2 N–H and O–H groups in total. The standard InChI is InChI=1S/C39H36ClF5N8O2S/c40-26-10-23-31(30(43)29(26)22-2-3-27(42)32-28(22)24(14-47)33(48)56-32)49-36(55-19-38-6-1-8-53(38)15-21(41)12-38)50-34(23)51-9-5-20(4-7-46)11-37(16-51)17-52(18-37)35(54)25-13-39(25,44)45/h2-3,10,20-21,25H,1,4-6,8-9,11-13,15-19,48H2/t20?,21-,25?,38+/m1/s1. The van der Waals surface area contributed by atoms with Gasteiger partial charge in [-0.25, -0.2) is 22.0 Å². The molecule has 17 heteroatoms.